The minimum Gasteiger partial charge on any atom is -0.497 e. The summed E-state index contributed by atoms with van der Waals surface area (Å²) in [5.74, 6) is 0.825. The molecule has 1 atom stereocenters. The van der Waals surface area contributed by atoms with Crippen LogP contribution in [-0.4, -0.2) is 12.9 Å². The van der Waals surface area contributed by atoms with Crippen molar-refractivity contribution in [2.45, 2.75) is 32.1 Å². The monoisotopic (exact) mass is 321 g/mol. The van der Waals surface area contributed by atoms with Crippen molar-refractivity contribution < 1.29 is 9.53 Å². The normalized spacial score (nSPS) is 22.9. The highest BCUT2D eigenvalue weighted by molar-refractivity contribution is 9.10. The van der Waals surface area contributed by atoms with E-state index in [2.05, 4.69) is 22.0 Å². The maximum Gasteiger partial charge on any atom is 0.153 e. The summed E-state index contributed by atoms with van der Waals surface area (Å²) >= 11 is 3.48. The second-order valence-electron chi connectivity index (χ2n) is 4.96. The molecule has 0 amide bonds. The Morgan fingerprint density at radius 1 is 1.47 bits per heavy atom. The van der Waals surface area contributed by atoms with E-state index in [9.17, 15) is 10.1 Å². The lowest BCUT2D eigenvalue weighted by Crippen LogP contribution is -2.35. The van der Waals surface area contributed by atoms with Gasteiger partial charge in [-0.25, -0.2) is 0 Å². The maximum absolute atomic E-state index is 12.1. The fourth-order valence-corrected chi connectivity index (χ4v) is 2.96. The second kappa shape index (κ2) is 5.75. The smallest absolute Gasteiger partial charge is 0.153 e. The lowest BCUT2D eigenvalue weighted by atomic mass is 9.70. The highest BCUT2D eigenvalue weighted by atomic mass is 79.9. The molecule has 0 spiro atoms. The standard InChI is InChI=1S/C15H16BrNO2/c1-19-12-5-6-13(16)11(8-12)9-15(10-17)7-3-2-4-14(15)18/h5-6,8H,2-4,7,9H2,1H3. The molecule has 0 saturated heterocycles. The van der Waals surface area contributed by atoms with Gasteiger partial charge in [0.1, 0.15) is 11.2 Å². The Morgan fingerprint density at radius 3 is 2.89 bits per heavy atom. The number of methoxy groups -OCH3 is 1. The van der Waals surface area contributed by atoms with Gasteiger partial charge >= 0.3 is 0 Å². The van der Waals surface area contributed by atoms with Gasteiger partial charge in [0, 0.05) is 10.9 Å². The van der Waals surface area contributed by atoms with Crippen LogP contribution in [0, 0.1) is 16.7 Å². The Hall–Kier alpha value is -1.34. The number of ether oxygens (including phenoxy) is 1. The summed E-state index contributed by atoms with van der Waals surface area (Å²) in [5.41, 5.74) is 0.101. The third-order valence-corrected chi connectivity index (χ3v) is 4.52. The molecule has 1 saturated carbocycles. The average molecular weight is 322 g/mol. The first-order valence-electron chi connectivity index (χ1n) is 6.38. The van der Waals surface area contributed by atoms with E-state index in [1.807, 2.05) is 18.2 Å². The van der Waals surface area contributed by atoms with Crippen LogP contribution < -0.4 is 4.74 Å². The number of hydrogen-bond acceptors (Lipinski definition) is 3. The minimum atomic E-state index is -0.854. The topological polar surface area (TPSA) is 50.1 Å². The number of nitrogens with zero attached hydrogens (tertiary/aromatic N) is 1. The highest BCUT2D eigenvalue weighted by Gasteiger charge is 2.40. The Labute approximate surface area is 121 Å². The number of nitriles is 1. The van der Waals surface area contributed by atoms with Crippen molar-refractivity contribution in [1.29, 1.82) is 5.26 Å². The Bertz CT molecular complexity index is 535. The van der Waals surface area contributed by atoms with Crippen molar-refractivity contribution in [3.63, 3.8) is 0 Å². The van der Waals surface area contributed by atoms with Crippen molar-refractivity contribution in [3.8, 4) is 11.8 Å². The number of rotatable bonds is 3. The van der Waals surface area contributed by atoms with Crippen molar-refractivity contribution in [1.82, 2.24) is 0 Å². The number of carbonyl (C=O) groups excluding carboxylic acids is 1. The Kier molecular flexibility index (Phi) is 4.26. The molecular weight excluding hydrogens is 306 g/mol. The first-order valence-corrected chi connectivity index (χ1v) is 7.17. The van der Waals surface area contributed by atoms with E-state index in [4.69, 9.17) is 4.74 Å². The molecule has 0 radical (unpaired) electrons. The highest BCUT2D eigenvalue weighted by Crippen LogP contribution is 2.38. The molecule has 19 heavy (non-hydrogen) atoms. The molecule has 100 valence electrons. The van der Waals surface area contributed by atoms with Gasteiger partial charge in [0.05, 0.1) is 13.2 Å². The van der Waals surface area contributed by atoms with Crippen LogP contribution in [0.4, 0.5) is 0 Å². The molecule has 1 aromatic rings. The molecule has 1 aromatic carbocycles. The number of halogens is 1. The van der Waals surface area contributed by atoms with Crippen molar-refractivity contribution in [3.05, 3.63) is 28.2 Å². The number of benzene rings is 1. The van der Waals surface area contributed by atoms with Crippen LogP contribution in [-0.2, 0) is 11.2 Å². The molecule has 0 bridgehead atoms. The van der Waals surface area contributed by atoms with Gasteiger partial charge in [0.15, 0.2) is 5.78 Å². The predicted octanol–water partition coefficient (Wildman–Crippen LogP) is 3.65. The van der Waals surface area contributed by atoms with Gasteiger partial charge in [-0.3, -0.25) is 4.79 Å². The molecule has 0 aromatic heterocycles. The second-order valence-corrected chi connectivity index (χ2v) is 5.81. The minimum absolute atomic E-state index is 0.0796. The first-order chi connectivity index (χ1) is 9.11. The molecular formula is C15H16BrNO2. The fraction of sp³-hybridized carbons (Fsp3) is 0.467. The van der Waals surface area contributed by atoms with Gasteiger partial charge in [-0.15, -0.1) is 0 Å². The SMILES string of the molecule is COc1ccc(Br)c(CC2(C#N)CCCCC2=O)c1. The van der Waals surface area contributed by atoms with Gasteiger partial charge in [0.2, 0.25) is 0 Å². The third-order valence-electron chi connectivity index (χ3n) is 3.75. The number of Topliss-reactive ketones (excluding diaryl/α,β-unsaturated/α-hetero) is 1. The number of carbonyl (C=O) groups is 1. The molecule has 4 heteroatoms. The van der Waals surface area contributed by atoms with Gasteiger partial charge < -0.3 is 4.74 Å². The largest absolute Gasteiger partial charge is 0.497 e. The van der Waals surface area contributed by atoms with Crippen LogP contribution in [0.5, 0.6) is 5.75 Å². The van der Waals surface area contributed by atoms with Crippen LogP contribution >= 0.6 is 15.9 Å². The molecule has 2 rings (SSSR count). The van der Waals surface area contributed by atoms with E-state index in [1.165, 1.54) is 0 Å². The molecule has 1 fully saturated rings. The van der Waals surface area contributed by atoms with Gasteiger partial charge in [-0.2, -0.15) is 5.26 Å². The molecule has 0 aliphatic heterocycles. The summed E-state index contributed by atoms with van der Waals surface area (Å²) in [6.45, 7) is 0. The molecule has 1 aliphatic carbocycles. The third kappa shape index (κ3) is 2.82. The van der Waals surface area contributed by atoms with Crippen molar-refractivity contribution in [2.75, 3.05) is 7.11 Å². The van der Waals surface area contributed by atoms with Crippen LogP contribution in [0.3, 0.4) is 0 Å². The zero-order chi connectivity index (χ0) is 13.9. The fourth-order valence-electron chi connectivity index (χ4n) is 2.57. The van der Waals surface area contributed by atoms with Gasteiger partial charge in [-0.1, -0.05) is 22.4 Å². The van der Waals surface area contributed by atoms with Crippen LogP contribution in [0.1, 0.15) is 31.2 Å². The lowest BCUT2D eigenvalue weighted by Gasteiger charge is -2.29. The summed E-state index contributed by atoms with van der Waals surface area (Å²) in [5, 5.41) is 9.47. The molecule has 3 nitrogen and oxygen atoms in total. The molecule has 1 aliphatic rings. The lowest BCUT2D eigenvalue weighted by molar-refractivity contribution is -0.128. The molecule has 0 heterocycles. The maximum atomic E-state index is 12.1. The molecule has 1 unspecified atom stereocenters. The van der Waals surface area contributed by atoms with Crippen molar-refractivity contribution in [2.24, 2.45) is 5.41 Å². The van der Waals surface area contributed by atoms with Crippen LogP contribution in [0.25, 0.3) is 0 Å². The van der Waals surface area contributed by atoms with E-state index in [-0.39, 0.29) is 5.78 Å². The summed E-state index contributed by atoms with van der Waals surface area (Å²) < 4.78 is 6.12. The first kappa shape index (κ1) is 14.1. The van der Waals surface area contributed by atoms with E-state index in [1.54, 1.807) is 7.11 Å². The summed E-state index contributed by atoms with van der Waals surface area (Å²) in [4.78, 5) is 12.1. The van der Waals surface area contributed by atoms with E-state index < -0.39 is 5.41 Å². The number of ketones is 1. The summed E-state index contributed by atoms with van der Waals surface area (Å²) in [6.07, 6.45) is 3.49. The molecule has 0 N–H and O–H groups in total. The quantitative estimate of drug-likeness (QED) is 0.853. The Morgan fingerprint density at radius 2 is 2.26 bits per heavy atom. The number of hydrogen-bond donors (Lipinski definition) is 0. The van der Waals surface area contributed by atoms with E-state index in [0.29, 0.717) is 19.3 Å². The summed E-state index contributed by atoms with van der Waals surface area (Å²) in [6, 6.07) is 7.91. The summed E-state index contributed by atoms with van der Waals surface area (Å²) in [7, 11) is 1.61. The van der Waals surface area contributed by atoms with Gasteiger partial charge in [0.25, 0.3) is 0 Å². The zero-order valence-electron chi connectivity index (χ0n) is 10.9. The predicted molar refractivity (Wildman–Crippen MR) is 75.9 cm³/mol. The van der Waals surface area contributed by atoms with Crippen molar-refractivity contribution >= 4 is 21.7 Å². The van der Waals surface area contributed by atoms with Crippen LogP contribution in [0.2, 0.25) is 0 Å². The van der Waals surface area contributed by atoms with E-state index in [0.717, 1.165) is 28.6 Å². The average Bonchev–Trinajstić information content (AvgIpc) is 2.44. The zero-order valence-corrected chi connectivity index (χ0v) is 12.5. The van der Waals surface area contributed by atoms with Gasteiger partial charge in [-0.05, 0) is 43.0 Å². The van der Waals surface area contributed by atoms with Crippen LogP contribution in [0.15, 0.2) is 22.7 Å². The Balaban J connectivity index is 2.33. The van der Waals surface area contributed by atoms with E-state index >= 15 is 0 Å².